The van der Waals surface area contributed by atoms with Crippen molar-refractivity contribution < 1.29 is 4.79 Å². The first-order valence-corrected chi connectivity index (χ1v) is 4.31. The monoisotopic (exact) mass is 171 g/mol. The molecule has 0 aliphatic carbocycles. The number of likely N-dealkylation sites (tertiary alicyclic amines) is 1. The van der Waals surface area contributed by atoms with E-state index in [-0.39, 0.29) is 11.9 Å². The smallest absolute Gasteiger partial charge is 0.239 e. The summed E-state index contributed by atoms with van der Waals surface area (Å²) in [7, 11) is 1.98. The van der Waals surface area contributed by atoms with Crippen molar-refractivity contribution in [3.8, 4) is 0 Å². The molecule has 0 radical (unpaired) electrons. The van der Waals surface area contributed by atoms with Gasteiger partial charge in [-0.05, 0) is 19.9 Å². The van der Waals surface area contributed by atoms with Gasteiger partial charge in [-0.2, -0.15) is 0 Å². The zero-order chi connectivity index (χ0) is 9.35. The molecule has 2 unspecified atom stereocenters. The summed E-state index contributed by atoms with van der Waals surface area (Å²) in [5.41, 5.74) is 10.4. The summed E-state index contributed by atoms with van der Waals surface area (Å²) in [6.45, 7) is 2.88. The minimum Gasteiger partial charge on any atom is -0.368 e. The molecule has 1 aliphatic rings. The topological polar surface area (TPSA) is 72.3 Å². The first-order valence-electron chi connectivity index (χ1n) is 4.31. The summed E-state index contributed by atoms with van der Waals surface area (Å²) >= 11 is 0. The predicted octanol–water partition coefficient (Wildman–Crippen LogP) is -0.717. The Morgan fingerprint density at radius 1 is 1.75 bits per heavy atom. The van der Waals surface area contributed by atoms with Crippen molar-refractivity contribution in [2.75, 3.05) is 13.6 Å². The van der Waals surface area contributed by atoms with Gasteiger partial charge in [0, 0.05) is 12.6 Å². The van der Waals surface area contributed by atoms with Gasteiger partial charge in [-0.25, -0.2) is 0 Å². The maximum absolute atomic E-state index is 11.1. The molecule has 0 aromatic carbocycles. The van der Waals surface area contributed by atoms with Gasteiger partial charge in [0.25, 0.3) is 0 Å². The van der Waals surface area contributed by atoms with E-state index in [4.69, 9.17) is 11.5 Å². The molecule has 0 spiro atoms. The van der Waals surface area contributed by atoms with Crippen LogP contribution in [0.15, 0.2) is 0 Å². The summed E-state index contributed by atoms with van der Waals surface area (Å²) in [5, 5.41) is 0. The highest BCUT2D eigenvalue weighted by atomic mass is 16.1. The van der Waals surface area contributed by atoms with Crippen LogP contribution in [-0.2, 0) is 4.79 Å². The van der Waals surface area contributed by atoms with Crippen LogP contribution in [0.5, 0.6) is 0 Å². The molecule has 4 N–H and O–H groups in total. The van der Waals surface area contributed by atoms with Crippen molar-refractivity contribution in [2.24, 2.45) is 11.5 Å². The lowest BCUT2D eigenvalue weighted by Crippen LogP contribution is -2.59. The van der Waals surface area contributed by atoms with Crippen molar-refractivity contribution in [3.05, 3.63) is 0 Å². The number of nitrogens with two attached hydrogens (primary N) is 2. The molecule has 70 valence electrons. The van der Waals surface area contributed by atoms with Crippen LogP contribution in [0, 0.1) is 0 Å². The van der Waals surface area contributed by atoms with E-state index < -0.39 is 5.54 Å². The average molecular weight is 171 g/mol. The Morgan fingerprint density at radius 2 is 2.33 bits per heavy atom. The molecule has 0 aromatic heterocycles. The second-order valence-corrected chi connectivity index (χ2v) is 3.56. The molecule has 1 rings (SSSR count). The number of carbonyl (C=O) groups is 1. The molecular weight excluding hydrogens is 154 g/mol. The van der Waals surface area contributed by atoms with Crippen LogP contribution >= 0.6 is 0 Å². The number of rotatable bonds is 2. The summed E-state index contributed by atoms with van der Waals surface area (Å²) < 4.78 is 0. The Labute approximate surface area is 72.9 Å². The first kappa shape index (κ1) is 9.48. The summed E-state index contributed by atoms with van der Waals surface area (Å²) in [5.74, 6) is -0.376. The van der Waals surface area contributed by atoms with Crippen LogP contribution < -0.4 is 11.5 Å². The molecule has 1 amide bonds. The van der Waals surface area contributed by atoms with Gasteiger partial charge in [-0.3, -0.25) is 4.79 Å². The summed E-state index contributed by atoms with van der Waals surface area (Å²) in [6, 6.07) is 0.106. The van der Waals surface area contributed by atoms with Gasteiger partial charge in [0.2, 0.25) is 5.91 Å². The zero-order valence-corrected chi connectivity index (χ0v) is 7.71. The van der Waals surface area contributed by atoms with Gasteiger partial charge in [-0.1, -0.05) is 6.92 Å². The van der Waals surface area contributed by atoms with Gasteiger partial charge in [-0.15, -0.1) is 0 Å². The molecule has 12 heavy (non-hydrogen) atoms. The highest BCUT2D eigenvalue weighted by Gasteiger charge is 2.46. The van der Waals surface area contributed by atoms with Crippen molar-refractivity contribution in [3.63, 3.8) is 0 Å². The van der Waals surface area contributed by atoms with E-state index >= 15 is 0 Å². The number of hydrogen-bond acceptors (Lipinski definition) is 3. The first-order chi connectivity index (χ1) is 5.52. The summed E-state index contributed by atoms with van der Waals surface area (Å²) in [6.07, 6.45) is 1.55. The van der Waals surface area contributed by atoms with Gasteiger partial charge in [0.1, 0.15) is 5.54 Å². The van der Waals surface area contributed by atoms with E-state index in [9.17, 15) is 4.79 Å². The molecule has 0 aromatic rings. The van der Waals surface area contributed by atoms with Crippen molar-refractivity contribution in [2.45, 2.75) is 31.3 Å². The summed E-state index contributed by atoms with van der Waals surface area (Å²) in [4.78, 5) is 13.2. The average Bonchev–Trinajstić information content (AvgIpc) is 2.29. The Hall–Kier alpha value is -0.610. The maximum atomic E-state index is 11.1. The van der Waals surface area contributed by atoms with E-state index in [0.29, 0.717) is 6.42 Å². The number of primary amides is 1. The second-order valence-electron chi connectivity index (χ2n) is 3.56. The van der Waals surface area contributed by atoms with Crippen molar-refractivity contribution >= 4 is 5.91 Å². The molecule has 1 aliphatic heterocycles. The lowest BCUT2D eigenvalue weighted by Gasteiger charge is -2.29. The van der Waals surface area contributed by atoms with E-state index in [2.05, 4.69) is 4.90 Å². The Bertz CT molecular complexity index is 195. The molecule has 2 atom stereocenters. The third-order valence-electron chi connectivity index (χ3n) is 2.85. The molecule has 1 fully saturated rings. The minimum atomic E-state index is -0.802. The molecule has 4 heteroatoms. The number of amides is 1. The molecular formula is C8H17N3O. The lowest BCUT2D eigenvalue weighted by molar-refractivity contribution is -0.123. The third-order valence-corrected chi connectivity index (χ3v) is 2.85. The SMILES string of the molecule is CCC1N(C)CCC1(N)C(N)=O. The van der Waals surface area contributed by atoms with Gasteiger partial charge < -0.3 is 16.4 Å². The number of likely N-dealkylation sites (N-methyl/N-ethyl adjacent to an activating group) is 1. The quantitative estimate of drug-likeness (QED) is 0.576. The molecule has 0 saturated carbocycles. The second kappa shape index (κ2) is 3.03. The van der Waals surface area contributed by atoms with E-state index in [1.54, 1.807) is 0 Å². The van der Waals surface area contributed by atoms with Crippen LogP contribution in [0.25, 0.3) is 0 Å². The van der Waals surface area contributed by atoms with Crippen LogP contribution in [0.3, 0.4) is 0 Å². The molecule has 0 bridgehead atoms. The van der Waals surface area contributed by atoms with Gasteiger partial charge in [0.15, 0.2) is 0 Å². The van der Waals surface area contributed by atoms with Crippen LogP contribution in [0.1, 0.15) is 19.8 Å². The normalized spacial score (nSPS) is 37.1. The number of hydrogen-bond donors (Lipinski definition) is 2. The van der Waals surface area contributed by atoms with E-state index in [1.807, 2.05) is 14.0 Å². The zero-order valence-electron chi connectivity index (χ0n) is 7.71. The molecule has 1 heterocycles. The highest BCUT2D eigenvalue weighted by molar-refractivity contribution is 5.85. The number of carbonyl (C=O) groups excluding carboxylic acids is 1. The minimum absolute atomic E-state index is 0.106. The lowest BCUT2D eigenvalue weighted by atomic mass is 9.89. The maximum Gasteiger partial charge on any atom is 0.239 e. The van der Waals surface area contributed by atoms with Gasteiger partial charge in [0.05, 0.1) is 0 Å². The fourth-order valence-corrected chi connectivity index (χ4v) is 2.04. The van der Waals surface area contributed by atoms with Crippen molar-refractivity contribution in [1.29, 1.82) is 0 Å². The van der Waals surface area contributed by atoms with E-state index in [1.165, 1.54) is 0 Å². The largest absolute Gasteiger partial charge is 0.368 e. The van der Waals surface area contributed by atoms with Crippen LogP contribution in [0.4, 0.5) is 0 Å². The standard InChI is InChI=1S/C8H17N3O/c1-3-6-8(10,7(9)12)4-5-11(6)2/h6H,3-5,10H2,1-2H3,(H2,9,12). The highest BCUT2D eigenvalue weighted by Crippen LogP contribution is 2.26. The van der Waals surface area contributed by atoms with Crippen molar-refractivity contribution in [1.82, 2.24) is 4.90 Å². The molecule has 1 saturated heterocycles. The molecule has 4 nitrogen and oxygen atoms in total. The Kier molecular flexibility index (Phi) is 2.39. The van der Waals surface area contributed by atoms with E-state index in [0.717, 1.165) is 13.0 Å². The van der Waals surface area contributed by atoms with Crippen LogP contribution in [0.2, 0.25) is 0 Å². The number of nitrogens with zero attached hydrogens (tertiary/aromatic N) is 1. The Balaban J connectivity index is 2.84. The third kappa shape index (κ3) is 1.21. The Morgan fingerprint density at radius 3 is 2.67 bits per heavy atom. The van der Waals surface area contributed by atoms with Crippen LogP contribution in [-0.4, -0.2) is 36.0 Å². The van der Waals surface area contributed by atoms with Gasteiger partial charge >= 0.3 is 0 Å². The predicted molar refractivity (Wildman–Crippen MR) is 47.4 cm³/mol. The fraction of sp³-hybridized carbons (Fsp3) is 0.875. The fourth-order valence-electron chi connectivity index (χ4n) is 2.04.